The number of nitrogens with zero attached hydrogens (tertiary/aromatic N) is 1. The number of hydrogen-bond acceptors (Lipinski definition) is 4. The molecule has 140 valence electrons. The van der Waals surface area contributed by atoms with Crippen molar-refractivity contribution in [3.05, 3.63) is 52.5 Å². The largest absolute Gasteiger partial charge is 0.496 e. The smallest absolute Gasteiger partial charge is 0.191 e. The van der Waals surface area contributed by atoms with Crippen LogP contribution in [0.5, 0.6) is 17.2 Å². The van der Waals surface area contributed by atoms with Crippen LogP contribution in [0.25, 0.3) is 0 Å². The zero-order chi connectivity index (χ0) is 18.9. The van der Waals surface area contributed by atoms with Crippen LogP contribution in [0.2, 0.25) is 5.02 Å². The van der Waals surface area contributed by atoms with E-state index in [-0.39, 0.29) is 0 Å². The van der Waals surface area contributed by atoms with Crippen LogP contribution in [0, 0.1) is 0 Å². The van der Waals surface area contributed by atoms with E-state index in [1.165, 1.54) is 0 Å². The van der Waals surface area contributed by atoms with Crippen molar-refractivity contribution in [1.82, 2.24) is 10.6 Å². The highest BCUT2D eigenvalue weighted by molar-refractivity contribution is 6.31. The summed E-state index contributed by atoms with van der Waals surface area (Å²) < 4.78 is 16.2. The molecule has 0 atom stereocenters. The molecule has 2 rings (SSSR count). The first-order valence-corrected chi connectivity index (χ1v) is 8.47. The molecule has 0 aliphatic rings. The Morgan fingerprint density at radius 1 is 0.962 bits per heavy atom. The van der Waals surface area contributed by atoms with E-state index < -0.39 is 0 Å². The van der Waals surface area contributed by atoms with E-state index in [9.17, 15) is 0 Å². The van der Waals surface area contributed by atoms with Gasteiger partial charge in [-0.2, -0.15) is 0 Å². The second-order valence-electron chi connectivity index (χ2n) is 5.38. The molecule has 0 aliphatic heterocycles. The van der Waals surface area contributed by atoms with Crippen molar-refractivity contribution >= 4 is 17.6 Å². The molecule has 0 aliphatic carbocycles. The predicted molar refractivity (Wildman–Crippen MR) is 105 cm³/mol. The summed E-state index contributed by atoms with van der Waals surface area (Å²) in [6.07, 6.45) is 0. The number of ether oxygens (including phenoxy) is 3. The van der Waals surface area contributed by atoms with E-state index in [1.807, 2.05) is 36.4 Å². The average molecular weight is 378 g/mol. The molecular formula is C19H24ClN3O3. The molecule has 0 heterocycles. The quantitative estimate of drug-likeness (QED) is 0.573. The van der Waals surface area contributed by atoms with E-state index in [2.05, 4.69) is 15.6 Å². The molecule has 0 amide bonds. The molecule has 0 fully saturated rings. The molecular weight excluding hydrogens is 354 g/mol. The first-order valence-electron chi connectivity index (χ1n) is 8.09. The molecule has 0 aromatic heterocycles. The van der Waals surface area contributed by atoms with Crippen LogP contribution < -0.4 is 24.8 Å². The average Bonchev–Trinajstić information content (AvgIpc) is 2.68. The molecule has 2 N–H and O–H groups in total. The summed E-state index contributed by atoms with van der Waals surface area (Å²) in [5.74, 6) is 2.67. The van der Waals surface area contributed by atoms with Gasteiger partial charge in [0.1, 0.15) is 17.2 Å². The van der Waals surface area contributed by atoms with Gasteiger partial charge in [0.25, 0.3) is 0 Å². The summed E-state index contributed by atoms with van der Waals surface area (Å²) >= 11 is 6.19. The fourth-order valence-corrected chi connectivity index (χ4v) is 2.67. The van der Waals surface area contributed by atoms with Crippen LogP contribution in [-0.2, 0) is 13.1 Å². The topological polar surface area (TPSA) is 64.1 Å². The Labute approximate surface area is 159 Å². The van der Waals surface area contributed by atoms with Crippen molar-refractivity contribution in [2.45, 2.75) is 13.1 Å². The molecule has 26 heavy (non-hydrogen) atoms. The van der Waals surface area contributed by atoms with Crippen molar-refractivity contribution in [2.24, 2.45) is 4.99 Å². The van der Waals surface area contributed by atoms with Gasteiger partial charge in [-0.05, 0) is 11.6 Å². The van der Waals surface area contributed by atoms with Crippen LogP contribution in [0.15, 0.2) is 41.4 Å². The molecule has 2 aromatic carbocycles. The number of nitrogens with one attached hydrogen (secondary N) is 2. The van der Waals surface area contributed by atoms with E-state index in [0.717, 1.165) is 11.1 Å². The number of halogens is 1. The van der Waals surface area contributed by atoms with E-state index in [1.54, 1.807) is 28.4 Å². The van der Waals surface area contributed by atoms with Crippen molar-refractivity contribution in [3.8, 4) is 17.2 Å². The van der Waals surface area contributed by atoms with Gasteiger partial charge in [-0.1, -0.05) is 29.8 Å². The minimum Gasteiger partial charge on any atom is -0.496 e. The lowest BCUT2D eigenvalue weighted by Crippen LogP contribution is -2.36. The molecule has 0 bridgehead atoms. The maximum Gasteiger partial charge on any atom is 0.191 e. The molecule has 0 saturated heterocycles. The molecule has 0 spiro atoms. The number of hydrogen-bond donors (Lipinski definition) is 2. The molecule has 0 radical (unpaired) electrons. The zero-order valence-corrected chi connectivity index (χ0v) is 16.2. The number of aliphatic imine (C=N–C) groups is 1. The van der Waals surface area contributed by atoms with Gasteiger partial charge in [0, 0.05) is 30.7 Å². The monoisotopic (exact) mass is 377 g/mol. The summed E-state index contributed by atoms with van der Waals surface area (Å²) in [5, 5.41) is 7.22. The Balaban J connectivity index is 2.07. The van der Waals surface area contributed by atoms with Crippen molar-refractivity contribution in [3.63, 3.8) is 0 Å². The van der Waals surface area contributed by atoms with Gasteiger partial charge in [0.15, 0.2) is 5.96 Å². The summed E-state index contributed by atoms with van der Waals surface area (Å²) in [6, 6.07) is 11.3. The van der Waals surface area contributed by atoms with E-state index in [4.69, 9.17) is 25.8 Å². The number of methoxy groups -OCH3 is 3. The Hall–Kier alpha value is -2.60. The van der Waals surface area contributed by atoms with Gasteiger partial charge < -0.3 is 24.8 Å². The fourth-order valence-electron chi connectivity index (χ4n) is 2.47. The van der Waals surface area contributed by atoms with Crippen LogP contribution in [0.4, 0.5) is 0 Å². The summed E-state index contributed by atoms with van der Waals surface area (Å²) in [5.41, 5.74) is 1.87. The normalized spacial score (nSPS) is 11.0. The summed E-state index contributed by atoms with van der Waals surface area (Å²) in [7, 11) is 6.54. The maximum atomic E-state index is 6.19. The van der Waals surface area contributed by atoms with Crippen LogP contribution in [0.3, 0.4) is 0 Å². The highest BCUT2D eigenvalue weighted by Crippen LogP contribution is 2.33. The SMILES string of the molecule is CN=C(NCc1ccccc1Cl)NCc1c(OC)cc(OC)cc1OC. The lowest BCUT2D eigenvalue weighted by Gasteiger charge is -2.17. The molecule has 7 heteroatoms. The van der Waals surface area contributed by atoms with Crippen molar-refractivity contribution in [1.29, 1.82) is 0 Å². The lowest BCUT2D eigenvalue weighted by molar-refractivity contribution is 0.368. The zero-order valence-electron chi connectivity index (χ0n) is 15.4. The van der Waals surface area contributed by atoms with Gasteiger partial charge in [0.05, 0.1) is 33.4 Å². The van der Waals surface area contributed by atoms with Gasteiger partial charge >= 0.3 is 0 Å². The molecule has 0 saturated carbocycles. The van der Waals surface area contributed by atoms with Gasteiger partial charge in [-0.3, -0.25) is 4.99 Å². The van der Waals surface area contributed by atoms with Gasteiger partial charge in [0.2, 0.25) is 0 Å². The highest BCUT2D eigenvalue weighted by atomic mass is 35.5. The predicted octanol–water partition coefficient (Wildman–Crippen LogP) is 3.23. The van der Waals surface area contributed by atoms with E-state index in [0.29, 0.717) is 41.3 Å². The third-order valence-electron chi connectivity index (χ3n) is 3.88. The highest BCUT2D eigenvalue weighted by Gasteiger charge is 2.14. The minimum atomic E-state index is 0.471. The first kappa shape index (κ1) is 19.7. The van der Waals surface area contributed by atoms with Gasteiger partial charge in [-0.15, -0.1) is 0 Å². The molecule has 2 aromatic rings. The van der Waals surface area contributed by atoms with E-state index >= 15 is 0 Å². The van der Waals surface area contributed by atoms with Crippen LogP contribution >= 0.6 is 11.6 Å². The number of rotatable bonds is 7. The Morgan fingerprint density at radius 3 is 2.12 bits per heavy atom. The third-order valence-corrected chi connectivity index (χ3v) is 4.25. The molecule has 0 unspecified atom stereocenters. The standard InChI is InChI=1S/C19H24ClN3O3/c1-21-19(22-11-13-7-5-6-8-16(13)20)23-12-15-17(25-3)9-14(24-2)10-18(15)26-4/h5-10H,11-12H2,1-4H3,(H2,21,22,23). The van der Waals surface area contributed by atoms with Gasteiger partial charge in [-0.25, -0.2) is 0 Å². The lowest BCUT2D eigenvalue weighted by atomic mass is 10.1. The second-order valence-corrected chi connectivity index (χ2v) is 5.79. The fraction of sp³-hybridized carbons (Fsp3) is 0.316. The number of guanidine groups is 1. The maximum absolute atomic E-state index is 6.19. The summed E-state index contributed by atoms with van der Waals surface area (Å²) in [6.45, 7) is 1.04. The third kappa shape index (κ3) is 4.95. The van der Waals surface area contributed by atoms with Crippen molar-refractivity contribution < 1.29 is 14.2 Å². The summed E-state index contributed by atoms with van der Waals surface area (Å²) in [4.78, 5) is 4.24. The number of benzene rings is 2. The Kier molecular flexibility index (Phi) is 7.41. The Bertz CT molecular complexity index is 740. The second kappa shape index (κ2) is 9.77. The minimum absolute atomic E-state index is 0.471. The molecule has 6 nitrogen and oxygen atoms in total. The Morgan fingerprint density at radius 2 is 1.58 bits per heavy atom. The van der Waals surface area contributed by atoms with Crippen molar-refractivity contribution in [2.75, 3.05) is 28.4 Å². The van der Waals surface area contributed by atoms with Crippen LogP contribution in [-0.4, -0.2) is 34.3 Å². The van der Waals surface area contributed by atoms with Crippen LogP contribution in [0.1, 0.15) is 11.1 Å². The first-order chi connectivity index (χ1) is 12.6.